The fraction of sp³-hybridized carbons (Fsp3) is 0.391. The molecule has 0 spiro atoms. The first kappa shape index (κ1) is 21.6. The number of aromatic nitrogens is 7. The molecule has 3 aromatic rings. The van der Waals surface area contributed by atoms with E-state index < -0.39 is 11.9 Å². The summed E-state index contributed by atoms with van der Waals surface area (Å²) in [6, 6.07) is 2.48. The van der Waals surface area contributed by atoms with E-state index in [0.29, 0.717) is 43.2 Å². The van der Waals surface area contributed by atoms with E-state index in [-0.39, 0.29) is 28.7 Å². The molecule has 4 heterocycles. The molecule has 3 aromatic heterocycles. The van der Waals surface area contributed by atoms with Crippen molar-refractivity contribution in [3.8, 4) is 11.3 Å². The molecule has 3 aliphatic rings. The van der Waals surface area contributed by atoms with E-state index in [2.05, 4.69) is 30.4 Å². The van der Waals surface area contributed by atoms with Crippen LogP contribution in [0.4, 0.5) is 20.7 Å². The fourth-order valence-electron chi connectivity index (χ4n) is 5.34. The Kier molecular flexibility index (Phi) is 4.97. The van der Waals surface area contributed by atoms with Crippen LogP contribution >= 0.6 is 0 Å². The first-order valence-electron chi connectivity index (χ1n) is 11.4. The number of piperidine rings is 1. The van der Waals surface area contributed by atoms with E-state index in [1.54, 1.807) is 17.8 Å². The van der Waals surface area contributed by atoms with Crippen molar-refractivity contribution in [1.82, 2.24) is 34.7 Å². The summed E-state index contributed by atoms with van der Waals surface area (Å²) in [5, 5.41) is 12.0. The molecular weight excluding hydrogens is 456 g/mol. The fourth-order valence-corrected chi connectivity index (χ4v) is 5.34. The van der Waals surface area contributed by atoms with Crippen molar-refractivity contribution in [1.29, 1.82) is 0 Å². The number of anilines is 2. The molecule has 2 unspecified atom stereocenters. The lowest BCUT2D eigenvalue weighted by Crippen LogP contribution is -2.37. The van der Waals surface area contributed by atoms with Crippen molar-refractivity contribution in [2.24, 2.45) is 18.9 Å². The summed E-state index contributed by atoms with van der Waals surface area (Å²) in [6.07, 6.45) is 8.11. The van der Waals surface area contributed by atoms with Crippen molar-refractivity contribution in [3.05, 3.63) is 64.8 Å². The Balaban J connectivity index is 1.21. The summed E-state index contributed by atoms with van der Waals surface area (Å²) in [6.45, 7) is 1.42. The van der Waals surface area contributed by atoms with Crippen molar-refractivity contribution in [2.75, 3.05) is 29.9 Å². The van der Waals surface area contributed by atoms with E-state index in [9.17, 15) is 13.6 Å². The largest absolute Gasteiger partial charge is 0.342 e. The number of fused-ring (bicyclic) bond motifs is 1. The zero-order chi connectivity index (χ0) is 24.3. The zero-order valence-corrected chi connectivity index (χ0v) is 19.2. The second-order valence-corrected chi connectivity index (χ2v) is 9.18. The van der Waals surface area contributed by atoms with Gasteiger partial charge in [-0.05, 0) is 29.0 Å². The highest BCUT2D eigenvalue weighted by Crippen LogP contribution is 2.50. The van der Waals surface area contributed by atoms with Crippen LogP contribution in [0, 0.1) is 17.7 Å². The quantitative estimate of drug-likeness (QED) is 0.547. The molecule has 0 bridgehead atoms. The van der Waals surface area contributed by atoms with Gasteiger partial charge in [-0.1, -0.05) is 17.3 Å². The lowest BCUT2D eigenvalue weighted by atomic mass is 10.1. The summed E-state index contributed by atoms with van der Waals surface area (Å²) in [5.41, 5.74) is 0.245. The third kappa shape index (κ3) is 3.51. The van der Waals surface area contributed by atoms with Gasteiger partial charge in [0.05, 0.1) is 11.9 Å². The minimum Gasteiger partial charge on any atom is -0.342 e. The Morgan fingerprint density at radius 2 is 2.00 bits per heavy atom. The van der Waals surface area contributed by atoms with Gasteiger partial charge in [0.15, 0.2) is 5.82 Å². The smallest absolute Gasteiger partial charge is 0.255 e. The summed E-state index contributed by atoms with van der Waals surface area (Å²) >= 11 is 0. The third-order valence-electron chi connectivity index (χ3n) is 7.19. The number of hydrogen-bond acceptors (Lipinski definition) is 8. The van der Waals surface area contributed by atoms with Crippen molar-refractivity contribution in [3.63, 3.8) is 0 Å². The highest BCUT2D eigenvalue weighted by atomic mass is 19.1. The molecule has 10 nitrogen and oxygen atoms in total. The Morgan fingerprint density at radius 3 is 2.74 bits per heavy atom. The Morgan fingerprint density at radius 1 is 1.20 bits per heavy atom. The van der Waals surface area contributed by atoms with E-state index in [1.165, 1.54) is 29.0 Å². The van der Waals surface area contributed by atoms with Gasteiger partial charge in [-0.25, -0.2) is 18.4 Å². The Labute approximate surface area is 199 Å². The summed E-state index contributed by atoms with van der Waals surface area (Å²) in [5.74, 6) is 0.868. The standard InChI is InChI=1S/C23H23F2N9O/c1-31-20(35)9-18(13-7-8-26-10-17(13)25)27-22(31)32(2)21-14-11-33(12-15(14)21)23-28-29-30-34(23)19-6-4-3-5-16(19)24/h3-5,7-10,14-15,19,21H,6,11-12H2,1-2H3/t14-,15+,19?,21?. The summed E-state index contributed by atoms with van der Waals surface area (Å²) < 4.78 is 31.7. The van der Waals surface area contributed by atoms with Gasteiger partial charge in [-0.3, -0.25) is 14.3 Å². The molecule has 1 saturated carbocycles. The monoisotopic (exact) mass is 479 g/mol. The van der Waals surface area contributed by atoms with Gasteiger partial charge in [0.2, 0.25) is 11.9 Å². The molecule has 6 rings (SSSR count). The Hall–Kier alpha value is -3.96. The van der Waals surface area contributed by atoms with Crippen LogP contribution in [-0.2, 0) is 7.05 Å². The molecule has 0 aromatic carbocycles. The van der Waals surface area contributed by atoms with Crippen LogP contribution in [0.3, 0.4) is 0 Å². The second kappa shape index (κ2) is 8.07. The molecule has 0 amide bonds. The van der Waals surface area contributed by atoms with Gasteiger partial charge in [-0.15, -0.1) is 0 Å². The molecule has 2 aliphatic carbocycles. The molecule has 1 aliphatic heterocycles. The zero-order valence-electron chi connectivity index (χ0n) is 19.2. The molecule has 35 heavy (non-hydrogen) atoms. The number of tetrazole rings is 1. The predicted octanol–water partition coefficient (Wildman–Crippen LogP) is 1.89. The first-order chi connectivity index (χ1) is 16.9. The van der Waals surface area contributed by atoms with Gasteiger partial charge in [0.25, 0.3) is 5.56 Å². The average Bonchev–Trinajstić information content (AvgIpc) is 3.17. The maximum Gasteiger partial charge on any atom is 0.255 e. The van der Waals surface area contributed by atoms with Crippen molar-refractivity contribution < 1.29 is 8.78 Å². The third-order valence-corrected chi connectivity index (χ3v) is 7.19. The lowest BCUT2D eigenvalue weighted by molar-refractivity contribution is 0.410. The molecule has 2 fully saturated rings. The molecule has 0 radical (unpaired) electrons. The van der Waals surface area contributed by atoms with Crippen LogP contribution in [-0.4, -0.2) is 60.9 Å². The van der Waals surface area contributed by atoms with Crippen LogP contribution in [0.5, 0.6) is 0 Å². The normalized spacial score (nSPS) is 24.9. The number of rotatable bonds is 5. The van der Waals surface area contributed by atoms with E-state index in [1.807, 2.05) is 18.0 Å². The number of nitrogens with zero attached hydrogens (tertiary/aromatic N) is 9. The van der Waals surface area contributed by atoms with Gasteiger partial charge >= 0.3 is 0 Å². The van der Waals surface area contributed by atoms with Gasteiger partial charge in [-0.2, -0.15) is 0 Å². The second-order valence-electron chi connectivity index (χ2n) is 9.18. The maximum absolute atomic E-state index is 14.4. The molecule has 1 saturated heterocycles. The van der Waals surface area contributed by atoms with Gasteiger partial charge in [0.1, 0.15) is 11.9 Å². The number of halogens is 2. The van der Waals surface area contributed by atoms with E-state index in [0.717, 1.165) is 6.20 Å². The summed E-state index contributed by atoms with van der Waals surface area (Å²) in [4.78, 5) is 25.1. The van der Waals surface area contributed by atoms with Crippen molar-refractivity contribution >= 4 is 11.9 Å². The van der Waals surface area contributed by atoms with E-state index in [4.69, 9.17) is 0 Å². The summed E-state index contributed by atoms with van der Waals surface area (Å²) in [7, 11) is 3.56. The van der Waals surface area contributed by atoms with Crippen LogP contribution in [0.25, 0.3) is 11.3 Å². The lowest BCUT2D eigenvalue weighted by Gasteiger charge is -2.27. The van der Waals surface area contributed by atoms with Crippen LogP contribution in [0.2, 0.25) is 0 Å². The SMILES string of the molecule is CN(c1nc(-c2ccncc2F)cc(=O)n1C)C1[C@H]2CN(c3nnnn3C3CC=CC=C3F)C[C@@H]12. The van der Waals surface area contributed by atoms with Gasteiger partial charge in [0, 0.05) is 62.9 Å². The highest BCUT2D eigenvalue weighted by Gasteiger charge is 2.59. The van der Waals surface area contributed by atoms with Crippen molar-refractivity contribution in [2.45, 2.75) is 18.5 Å². The van der Waals surface area contributed by atoms with Crippen LogP contribution < -0.4 is 15.4 Å². The minimum atomic E-state index is -0.532. The molecule has 4 atom stereocenters. The number of allylic oxidation sites excluding steroid dienone is 4. The van der Waals surface area contributed by atoms with E-state index >= 15 is 0 Å². The first-order valence-corrected chi connectivity index (χ1v) is 11.4. The molecular formula is C23H23F2N9O. The molecule has 180 valence electrons. The van der Waals surface area contributed by atoms with Crippen LogP contribution in [0.1, 0.15) is 12.5 Å². The predicted molar refractivity (Wildman–Crippen MR) is 124 cm³/mol. The average molecular weight is 479 g/mol. The maximum atomic E-state index is 14.4. The number of pyridine rings is 1. The number of hydrogen-bond donors (Lipinski definition) is 0. The Bertz CT molecular complexity index is 1400. The highest BCUT2D eigenvalue weighted by molar-refractivity contribution is 5.60. The van der Waals surface area contributed by atoms with Crippen LogP contribution in [0.15, 0.2) is 53.4 Å². The van der Waals surface area contributed by atoms with Gasteiger partial charge < -0.3 is 9.80 Å². The molecule has 12 heteroatoms. The topological polar surface area (TPSA) is 97.9 Å². The minimum absolute atomic E-state index is 0.167. The molecule has 0 N–H and O–H groups in total.